The van der Waals surface area contributed by atoms with Crippen LogP contribution in [-0.4, -0.2) is 39.9 Å². The Hall–Kier alpha value is -2.12. The van der Waals surface area contributed by atoms with Gasteiger partial charge in [0, 0.05) is 54.9 Å². The highest BCUT2D eigenvalue weighted by molar-refractivity contribution is 6.64. The molecule has 5 rings (SSSR count). The maximum atomic E-state index is 5.99. The van der Waals surface area contributed by atoms with E-state index < -0.39 is 0 Å². The lowest BCUT2D eigenvalue weighted by atomic mass is 9.74. The topological polar surface area (TPSA) is 54.1 Å². The van der Waals surface area contributed by atoms with Crippen molar-refractivity contribution >= 4 is 23.5 Å². The Labute approximate surface area is 153 Å². The van der Waals surface area contributed by atoms with Gasteiger partial charge in [0.1, 0.15) is 0 Å². The fourth-order valence-electron chi connectivity index (χ4n) is 3.60. The van der Waals surface area contributed by atoms with E-state index in [0.717, 1.165) is 22.2 Å². The van der Waals surface area contributed by atoms with Crippen molar-refractivity contribution in [3.05, 3.63) is 36.2 Å². The van der Waals surface area contributed by atoms with Crippen molar-refractivity contribution in [1.29, 1.82) is 0 Å². The van der Waals surface area contributed by atoms with Crippen molar-refractivity contribution in [2.75, 3.05) is 13.2 Å². The molecule has 1 aromatic carbocycles. The predicted molar refractivity (Wildman–Crippen MR) is 101 cm³/mol. The molecule has 0 N–H and O–H groups in total. The zero-order valence-electron chi connectivity index (χ0n) is 15.5. The fraction of sp³-hybridized carbons (Fsp3) is 0.474. The number of rotatable bonds is 3. The summed E-state index contributed by atoms with van der Waals surface area (Å²) in [5.74, 6) is 1.53. The summed E-state index contributed by atoms with van der Waals surface area (Å²) in [6.45, 7) is 5.68. The molecule has 1 saturated heterocycles. The Morgan fingerprint density at radius 3 is 2.65 bits per heavy atom. The molecule has 0 radical (unpaired) electrons. The van der Waals surface area contributed by atoms with Crippen LogP contribution in [-0.2, 0) is 16.4 Å². The Morgan fingerprint density at radius 2 is 1.92 bits per heavy atom. The molecule has 1 saturated carbocycles. The maximum absolute atomic E-state index is 5.99. The third-order valence-corrected chi connectivity index (χ3v) is 5.22. The fourth-order valence-corrected chi connectivity index (χ4v) is 3.60. The van der Waals surface area contributed by atoms with Gasteiger partial charge in [-0.25, -0.2) is 4.68 Å². The minimum Gasteiger partial charge on any atom is -0.407 e. The van der Waals surface area contributed by atoms with Gasteiger partial charge in [0.25, 0.3) is 0 Å². The zero-order chi connectivity index (χ0) is 17.9. The van der Waals surface area contributed by atoms with Crippen LogP contribution < -0.4 is 5.46 Å². The molecule has 1 aliphatic heterocycles. The van der Waals surface area contributed by atoms with Gasteiger partial charge in [0.15, 0.2) is 5.82 Å². The first-order chi connectivity index (χ1) is 12.5. The molecule has 134 valence electrons. The second kappa shape index (κ2) is 5.69. The molecule has 0 amide bonds. The van der Waals surface area contributed by atoms with Gasteiger partial charge in [-0.1, -0.05) is 26.0 Å². The smallest absolute Gasteiger partial charge is 0.407 e. The lowest BCUT2D eigenvalue weighted by molar-refractivity contribution is 0.0344. The van der Waals surface area contributed by atoms with E-state index in [1.807, 2.05) is 34.7 Å². The Balaban J connectivity index is 1.51. The molecule has 2 aromatic heterocycles. The standard InChI is InChI=1S/C19H23BN4O2/c1-19(2)11-25-20(26-12-19)15-5-4-6-16-14(15)10-24(21-16)18-9-17(13-7-8-13)23(3)22-18/h4-6,9-10,13H,7-8,11-12H2,1-3H3. The minimum atomic E-state index is -0.338. The van der Waals surface area contributed by atoms with E-state index in [-0.39, 0.29) is 12.5 Å². The predicted octanol–water partition coefficient (Wildman–Crippen LogP) is 2.40. The Morgan fingerprint density at radius 1 is 1.15 bits per heavy atom. The second-order valence-electron chi connectivity index (χ2n) is 8.30. The number of hydrogen-bond donors (Lipinski definition) is 0. The normalized spacial score (nSPS) is 20.0. The summed E-state index contributed by atoms with van der Waals surface area (Å²) >= 11 is 0. The molecule has 0 spiro atoms. The summed E-state index contributed by atoms with van der Waals surface area (Å²) in [5.41, 5.74) is 3.31. The van der Waals surface area contributed by atoms with Crippen molar-refractivity contribution in [3.8, 4) is 5.82 Å². The molecule has 6 nitrogen and oxygen atoms in total. The lowest BCUT2D eigenvalue weighted by Crippen LogP contribution is -2.47. The average Bonchev–Trinajstić information content (AvgIpc) is 3.23. The quantitative estimate of drug-likeness (QED) is 0.681. The van der Waals surface area contributed by atoms with Crippen LogP contribution in [0.2, 0.25) is 0 Å². The second-order valence-corrected chi connectivity index (χ2v) is 8.30. The van der Waals surface area contributed by atoms with Gasteiger partial charge in [0.2, 0.25) is 0 Å². The number of aryl methyl sites for hydroxylation is 1. The van der Waals surface area contributed by atoms with E-state index in [1.165, 1.54) is 18.5 Å². The first-order valence-corrected chi connectivity index (χ1v) is 9.26. The van der Waals surface area contributed by atoms with E-state index >= 15 is 0 Å². The molecule has 2 fully saturated rings. The molecule has 1 aliphatic carbocycles. The zero-order valence-corrected chi connectivity index (χ0v) is 15.5. The molecule has 0 atom stereocenters. The van der Waals surface area contributed by atoms with Gasteiger partial charge in [0.05, 0.1) is 5.52 Å². The van der Waals surface area contributed by atoms with Gasteiger partial charge in [-0.15, -0.1) is 0 Å². The number of fused-ring (bicyclic) bond motifs is 1. The summed E-state index contributed by atoms with van der Waals surface area (Å²) in [6, 6.07) is 8.24. The van der Waals surface area contributed by atoms with Gasteiger partial charge < -0.3 is 9.31 Å². The van der Waals surface area contributed by atoms with Crippen LogP contribution in [0, 0.1) is 5.41 Å². The molecule has 0 unspecified atom stereocenters. The first kappa shape index (κ1) is 16.1. The van der Waals surface area contributed by atoms with E-state index in [1.54, 1.807) is 0 Å². The van der Waals surface area contributed by atoms with E-state index in [4.69, 9.17) is 14.4 Å². The van der Waals surface area contributed by atoms with Crippen LogP contribution in [0.25, 0.3) is 16.7 Å². The highest BCUT2D eigenvalue weighted by Crippen LogP contribution is 2.40. The number of aromatic nitrogens is 4. The highest BCUT2D eigenvalue weighted by atomic mass is 16.6. The molecule has 0 bridgehead atoms. The average molecular weight is 350 g/mol. The monoisotopic (exact) mass is 350 g/mol. The Kier molecular flexibility index (Phi) is 3.52. The van der Waals surface area contributed by atoms with Crippen LogP contribution in [0.15, 0.2) is 30.5 Å². The molecular weight excluding hydrogens is 327 g/mol. The molecule has 3 aromatic rings. The van der Waals surface area contributed by atoms with Gasteiger partial charge in [-0.05, 0) is 24.4 Å². The van der Waals surface area contributed by atoms with Crippen molar-refractivity contribution in [2.24, 2.45) is 12.5 Å². The van der Waals surface area contributed by atoms with Gasteiger partial charge in [-0.3, -0.25) is 4.68 Å². The van der Waals surface area contributed by atoms with Crippen LogP contribution >= 0.6 is 0 Å². The third kappa shape index (κ3) is 2.75. The molecule has 7 heteroatoms. The van der Waals surface area contributed by atoms with Crippen molar-refractivity contribution in [1.82, 2.24) is 19.6 Å². The van der Waals surface area contributed by atoms with Crippen molar-refractivity contribution in [2.45, 2.75) is 32.6 Å². The largest absolute Gasteiger partial charge is 0.494 e. The lowest BCUT2D eigenvalue weighted by Gasteiger charge is -2.33. The molecule has 3 heterocycles. The number of nitrogens with zero attached hydrogens (tertiary/aromatic N) is 4. The highest BCUT2D eigenvalue weighted by Gasteiger charge is 2.34. The van der Waals surface area contributed by atoms with Crippen molar-refractivity contribution in [3.63, 3.8) is 0 Å². The van der Waals surface area contributed by atoms with Gasteiger partial charge in [-0.2, -0.15) is 10.2 Å². The SMILES string of the molecule is Cn1nc(-n2cc3c(B4OCC(C)(C)CO4)cccc3n2)cc1C1CC1. The Bertz CT molecular complexity index is 963. The van der Waals surface area contributed by atoms with Gasteiger partial charge >= 0.3 is 7.12 Å². The summed E-state index contributed by atoms with van der Waals surface area (Å²) in [6.07, 6.45) is 4.56. The van der Waals surface area contributed by atoms with E-state index in [2.05, 4.69) is 31.1 Å². The van der Waals surface area contributed by atoms with Crippen LogP contribution in [0.4, 0.5) is 0 Å². The summed E-state index contributed by atoms with van der Waals surface area (Å²) in [7, 11) is 1.67. The van der Waals surface area contributed by atoms with Crippen LogP contribution in [0.3, 0.4) is 0 Å². The number of benzene rings is 1. The molecule has 2 aliphatic rings. The van der Waals surface area contributed by atoms with E-state index in [9.17, 15) is 0 Å². The van der Waals surface area contributed by atoms with Crippen LogP contribution in [0.1, 0.15) is 38.3 Å². The van der Waals surface area contributed by atoms with Crippen molar-refractivity contribution < 1.29 is 9.31 Å². The minimum absolute atomic E-state index is 0.0573. The maximum Gasteiger partial charge on any atom is 0.494 e. The third-order valence-electron chi connectivity index (χ3n) is 5.22. The van der Waals surface area contributed by atoms with E-state index in [0.29, 0.717) is 19.1 Å². The molecular formula is C19H23BN4O2. The summed E-state index contributed by atoms with van der Waals surface area (Å²) in [5, 5.41) is 10.4. The van der Waals surface area contributed by atoms with Crippen LogP contribution in [0.5, 0.6) is 0 Å². The summed E-state index contributed by atoms with van der Waals surface area (Å²) in [4.78, 5) is 0. The first-order valence-electron chi connectivity index (χ1n) is 9.26. The molecule has 26 heavy (non-hydrogen) atoms. The number of hydrogen-bond acceptors (Lipinski definition) is 4. The summed E-state index contributed by atoms with van der Waals surface area (Å²) < 4.78 is 15.8.